The van der Waals surface area contributed by atoms with Crippen LogP contribution in [0.1, 0.15) is 35.7 Å². The highest BCUT2D eigenvalue weighted by molar-refractivity contribution is 5.96. The van der Waals surface area contributed by atoms with E-state index in [-0.39, 0.29) is 17.0 Å². The van der Waals surface area contributed by atoms with E-state index >= 15 is 0 Å². The quantitative estimate of drug-likeness (QED) is 0.487. The van der Waals surface area contributed by atoms with Crippen molar-refractivity contribution in [1.29, 1.82) is 5.26 Å². The maximum absolute atomic E-state index is 12.2. The molecule has 1 aromatic carbocycles. The Morgan fingerprint density at radius 3 is 2.47 bits per heavy atom. The van der Waals surface area contributed by atoms with Crippen molar-refractivity contribution in [3.05, 3.63) is 56.2 Å². The molecule has 0 spiro atoms. The van der Waals surface area contributed by atoms with Gasteiger partial charge in [0.25, 0.3) is 5.56 Å². The molecule has 1 aromatic heterocycles. The van der Waals surface area contributed by atoms with Crippen molar-refractivity contribution in [3.8, 4) is 6.07 Å². The van der Waals surface area contributed by atoms with E-state index in [0.29, 0.717) is 23.4 Å². The summed E-state index contributed by atoms with van der Waals surface area (Å²) in [4.78, 5) is 40.4. The van der Waals surface area contributed by atoms with Gasteiger partial charge in [0.1, 0.15) is 11.9 Å². The number of hydrogen-bond donors (Lipinski definition) is 1. The van der Waals surface area contributed by atoms with Gasteiger partial charge in [-0.15, -0.1) is 0 Å². The second-order valence-corrected chi connectivity index (χ2v) is 8.00. The van der Waals surface area contributed by atoms with Gasteiger partial charge in [-0.1, -0.05) is 6.92 Å². The Balaban J connectivity index is 1.49. The van der Waals surface area contributed by atoms with Crippen molar-refractivity contribution in [2.45, 2.75) is 19.8 Å². The summed E-state index contributed by atoms with van der Waals surface area (Å²) in [5.41, 5.74) is 1.19. The molecular weight excluding hydrogens is 408 g/mol. The molecule has 9 nitrogen and oxygen atoms in total. The molecule has 0 amide bonds. The van der Waals surface area contributed by atoms with Crippen LogP contribution < -0.4 is 21.5 Å². The van der Waals surface area contributed by atoms with E-state index in [1.165, 1.54) is 17.7 Å². The van der Waals surface area contributed by atoms with E-state index in [1.807, 2.05) is 6.92 Å². The SMILES string of the molecule is CCC(=O)c1ccc(NCCCN2CCN(c3cc(=O)n(C)c(=O)n3C)CC2)c(C#N)c1. The molecule has 170 valence electrons. The van der Waals surface area contributed by atoms with Gasteiger partial charge in [0, 0.05) is 64.9 Å². The van der Waals surface area contributed by atoms with Gasteiger partial charge in [0.2, 0.25) is 0 Å². The van der Waals surface area contributed by atoms with Crippen molar-refractivity contribution in [2.24, 2.45) is 14.1 Å². The van der Waals surface area contributed by atoms with Crippen molar-refractivity contribution in [3.63, 3.8) is 0 Å². The number of piperazine rings is 1. The molecule has 1 fully saturated rings. The van der Waals surface area contributed by atoms with E-state index in [4.69, 9.17) is 0 Å². The van der Waals surface area contributed by atoms with Crippen molar-refractivity contribution in [2.75, 3.05) is 49.5 Å². The van der Waals surface area contributed by atoms with E-state index in [0.717, 1.165) is 55.9 Å². The van der Waals surface area contributed by atoms with Crippen LogP contribution in [0.2, 0.25) is 0 Å². The van der Waals surface area contributed by atoms with Crippen LogP contribution in [0.15, 0.2) is 33.9 Å². The summed E-state index contributed by atoms with van der Waals surface area (Å²) in [6.07, 6.45) is 1.33. The average Bonchev–Trinajstić information content (AvgIpc) is 2.82. The zero-order chi connectivity index (χ0) is 23.3. The number of nitriles is 1. The summed E-state index contributed by atoms with van der Waals surface area (Å²) >= 11 is 0. The van der Waals surface area contributed by atoms with E-state index in [2.05, 4.69) is 21.2 Å². The largest absolute Gasteiger partial charge is 0.384 e. The van der Waals surface area contributed by atoms with Gasteiger partial charge < -0.3 is 10.2 Å². The highest BCUT2D eigenvalue weighted by atomic mass is 16.2. The molecular formula is C23H30N6O3. The molecule has 2 aromatic rings. The van der Waals surface area contributed by atoms with Gasteiger partial charge in [0.05, 0.1) is 11.3 Å². The minimum atomic E-state index is -0.315. The molecule has 1 aliphatic rings. The van der Waals surface area contributed by atoms with Crippen LogP contribution in [0, 0.1) is 11.3 Å². The Kier molecular flexibility index (Phi) is 7.49. The number of Topliss-reactive ketones (excluding diaryl/α,β-unsaturated/α-hetero) is 1. The summed E-state index contributed by atoms with van der Waals surface area (Å²) in [5.74, 6) is 0.691. The summed E-state index contributed by atoms with van der Waals surface area (Å²) in [6.45, 7) is 6.63. The third-order valence-corrected chi connectivity index (χ3v) is 5.95. The van der Waals surface area contributed by atoms with E-state index in [1.54, 1.807) is 25.2 Å². The normalized spacial score (nSPS) is 14.2. The Morgan fingerprint density at radius 2 is 1.81 bits per heavy atom. The third kappa shape index (κ3) is 5.08. The van der Waals surface area contributed by atoms with Gasteiger partial charge in [-0.05, 0) is 31.2 Å². The molecule has 1 aliphatic heterocycles. The number of nitrogens with one attached hydrogen (secondary N) is 1. The maximum Gasteiger partial charge on any atom is 0.332 e. The lowest BCUT2D eigenvalue weighted by Crippen LogP contribution is -2.49. The number of benzene rings is 1. The molecule has 0 bridgehead atoms. The highest BCUT2D eigenvalue weighted by Crippen LogP contribution is 2.18. The Labute approximate surface area is 187 Å². The fourth-order valence-electron chi connectivity index (χ4n) is 3.92. The van der Waals surface area contributed by atoms with Crippen LogP contribution in [-0.4, -0.2) is 59.1 Å². The fraction of sp³-hybridized carbons (Fsp3) is 0.478. The standard InChI is InChI=1S/C23H30N6O3/c1-4-20(30)17-6-7-19(18(14-17)16-24)25-8-5-9-28-10-12-29(13-11-28)21-15-22(31)27(3)23(32)26(21)2/h6-7,14-15,25H,4-5,8-13H2,1-3H3. The topological polar surface area (TPSA) is 103 Å². The summed E-state index contributed by atoms with van der Waals surface area (Å²) in [5, 5.41) is 12.7. The van der Waals surface area contributed by atoms with Crippen LogP contribution in [0.5, 0.6) is 0 Å². The molecule has 0 saturated carbocycles. The number of aromatic nitrogens is 2. The van der Waals surface area contributed by atoms with Crippen LogP contribution in [-0.2, 0) is 14.1 Å². The number of anilines is 2. The number of nitrogens with zero attached hydrogens (tertiary/aromatic N) is 5. The van der Waals surface area contributed by atoms with Gasteiger partial charge in [-0.25, -0.2) is 4.79 Å². The summed E-state index contributed by atoms with van der Waals surface area (Å²) in [6, 6.07) is 8.90. The Hall–Kier alpha value is -3.38. The van der Waals surface area contributed by atoms with Crippen molar-refractivity contribution < 1.29 is 4.79 Å². The number of carbonyl (C=O) groups is 1. The molecule has 1 N–H and O–H groups in total. The Bertz CT molecular complexity index is 1140. The lowest BCUT2D eigenvalue weighted by molar-refractivity contribution is 0.0988. The first kappa shape index (κ1) is 23.3. The Morgan fingerprint density at radius 1 is 1.09 bits per heavy atom. The number of rotatable bonds is 8. The second kappa shape index (κ2) is 10.3. The monoisotopic (exact) mass is 438 g/mol. The van der Waals surface area contributed by atoms with E-state index in [9.17, 15) is 19.6 Å². The van der Waals surface area contributed by atoms with Crippen molar-refractivity contribution >= 4 is 17.3 Å². The van der Waals surface area contributed by atoms with Crippen LogP contribution in [0.3, 0.4) is 0 Å². The predicted molar refractivity (Wildman–Crippen MR) is 124 cm³/mol. The first-order chi connectivity index (χ1) is 15.3. The van der Waals surface area contributed by atoms with Gasteiger partial charge in [-0.2, -0.15) is 5.26 Å². The summed E-state index contributed by atoms with van der Waals surface area (Å²) < 4.78 is 2.63. The molecule has 32 heavy (non-hydrogen) atoms. The van der Waals surface area contributed by atoms with Crippen molar-refractivity contribution in [1.82, 2.24) is 14.0 Å². The fourth-order valence-corrected chi connectivity index (χ4v) is 3.92. The molecule has 0 unspecified atom stereocenters. The van der Waals surface area contributed by atoms with Crippen LogP contribution >= 0.6 is 0 Å². The third-order valence-electron chi connectivity index (χ3n) is 5.95. The first-order valence-corrected chi connectivity index (χ1v) is 10.9. The second-order valence-electron chi connectivity index (χ2n) is 8.00. The highest BCUT2D eigenvalue weighted by Gasteiger charge is 2.20. The molecule has 0 aliphatic carbocycles. The minimum absolute atomic E-state index is 0.0307. The molecule has 2 heterocycles. The maximum atomic E-state index is 12.2. The molecule has 0 radical (unpaired) electrons. The molecule has 9 heteroatoms. The molecule has 1 saturated heterocycles. The van der Waals surface area contributed by atoms with Crippen LogP contribution in [0.25, 0.3) is 0 Å². The van der Waals surface area contributed by atoms with Gasteiger partial charge in [-0.3, -0.25) is 23.6 Å². The molecule has 3 rings (SSSR count). The average molecular weight is 439 g/mol. The number of carbonyl (C=O) groups excluding carboxylic acids is 1. The first-order valence-electron chi connectivity index (χ1n) is 10.9. The zero-order valence-corrected chi connectivity index (χ0v) is 18.9. The zero-order valence-electron chi connectivity index (χ0n) is 18.9. The number of ketones is 1. The van der Waals surface area contributed by atoms with Gasteiger partial charge >= 0.3 is 5.69 Å². The smallest absolute Gasteiger partial charge is 0.332 e. The predicted octanol–water partition coefficient (Wildman–Crippen LogP) is 1.17. The van der Waals surface area contributed by atoms with Crippen LogP contribution in [0.4, 0.5) is 11.5 Å². The minimum Gasteiger partial charge on any atom is -0.384 e. The molecule has 0 atom stereocenters. The lowest BCUT2D eigenvalue weighted by atomic mass is 10.0. The summed E-state index contributed by atoms with van der Waals surface area (Å²) in [7, 11) is 3.18. The number of hydrogen-bond acceptors (Lipinski definition) is 7. The lowest BCUT2D eigenvalue weighted by Gasteiger charge is -2.36. The van der Waals surface area contributed by atoms with Gasteiger partial charge in [0.15, 0.2) is 5.78 Å². The van der Waals surface area contributed by atoms with E-state index < -0.39 is 0 Å².